The van der Waals surface area contributed by atoms with Gasteiger partial charge in [0.25, 0.3) is 5.56 Å². The first-order chi connectivity index (χ1) is 10.1. The third-order valence-electron chi connectivity index (χ3n) is 3.43. The molecule has 0 aliphatic rings. The number of fused-ring (bicyclic) bond motifs is 1. The van der Waals surface area contributed by atoms with Crippen molar-refractivity contribution in [2.45, 2.75) is 26.4 Å². The molecule has 0 aromatic carbocycles. The summed E-state index contributed by atoms with van der Waals surface area (Å²) in [6, 6.07) is 5.91. The molecule has 0 bridgehead atoms. The van der Waals surface area contributed by atoms with Gasteiger partial charge in [-0.15, -0.1) is 11.3 Å². The van der Waals surface area contributed by atoms with E-state index in [2.05, 4.69) is 10.3 Å². The van der Waals surface area contributed by atoms with Crippen molar-refractivity contribution in [2.75, 3.05) is 6.54 Å². The molecular formula is C15H17N3O2S. The van der Waals surface area contributed by atoms with Gasteiger partial charge in [-0.25, -0.2) is 4.98 Å². The van der Waals surface area contributed by atoms with Gasteiger partial charge in [-0.1, -0.05) is 0 Å². The van der Waals surface area contributed by atoms with Crippen molar-refractivity contribution in [1.82, 2.24) is 14.9 Å². The topological polar surface area (TPSA) is 60.1 Å². The van der Waals surface area contributed by atoms with Gasteiger partial charge in [-0.05, 0) is 37.4 Å². The van der Waals surface area contributed by atoms with E-state index in [0.29, 0.717) is 17.8 Å². The Hall–Kier alpha value is -1.92. The van der Waals surface area contributed by atoms with Crippen LogP contribution in [-0.2, 0) is 6.54 Å². The van der Waals surface area contributed by atoms with E-state index in [9.17, 15) is 4.79 Å². The number of furan rings is 1. The fraction of sp³-hybridized carbons (Fsp3) is 0.333. The summed E-state index contributed by atoms with van der Waals surface area (Å²) in [5.41, 5.74) is 0.798. The molecule has 0 saturated heterocycles. The number of aromatic nitrogens is 2. The van der Waals surface area contributed by atoms with Crippen LogP contribution in [0.3, 0.4) is 0 Å². The second-order valence-electron chi connectivity index (χ2n) is 5.00. The Labute approximate surface area is 126 Å². The second-order valence-corrected chi connectivity index (χ2v) is 5.92. The van der Waals surface area contributed by atoms with Gasteiger partial charge in [-0.2, -0.15) is 0 Å². The van der Waals surface area contributed by atoms with Crippen LogP contribution in [0.2, 0.25) is 0 Å². The fourth-order valence-electron chi connectivity index (χ4n) is 2.23. The van der Waals surface area contributed by atoms with Crippen molar-refractivity contribution in [3.63, 3.8) is 0 Å². The lowest BCUT2D eigenvalue weighted by Gasteiger charge is -2.12. The Morgan fingerprint density at radius 3 is 3.05 bits per heavy atom. The third-order valence-corrected chi connectivity index (χ3v) is 4.32. The summed E-state index contributed by atoms with van der Waals surface area (Å²) in [5.74, 6) is 1.81. The van der Waals surface area contributed by atoms with Crippen LogP contribution >= 0.6 is 11.3 Å². The second kappa shape index (κ2) is 5.83. The minimum Gasteiger partial charge on any atom is -0.465 e. The average Bonchev–Trinajstić information content (AvgIpc) is 3.10. The molecule has 0 aliphatic carbocycles. The zero-order chi connectivity index (χ0) is 14.8. The van der Waals surface area contributed by atoms with E-state index < -0.39 is 0 Å². The number of nitrogens with zero attached hydrogens (tertiary/aromatic N) is 2. The summed E-state index contributed by atoms with van der Waals surface area (Å²) >= 11 is 1.44. The lowest BCUT2D eigenvalue weighted by molar-refractivity contribution is 0.409. The SMILES string of the molecule is Cc1ccc(C(C)NCCn2cnc3ccsc3c2=O)o1. The Bertz CT molecular complexity index is 802. The molecule has 3 aromatic heterocycles. The van der Waals surface area contributed by atoms with Crippen LogP contribution in [0.1, 0.15) is 24.5 Å². The van der Waals surface area contributed by atoms with E-state index in [1.165, 1.54) is 11.3 Å². The maximum Gasteiger partial charge on any atom is 0.271 e. The number of thiophene rings is 1. The number of aryl methyl sites for hydroxylation is 1. The van der Waals surface area contributed by atoms with E-state index >= 15 is 0 Å². The van der Waals surface area contributed by atoms with Crippen LogP contribution < -0.4 is 10.9 Å². The number of hydrogen-bond acceptors (Lipinski definition) is 5. The maximum absolute atomic E-state index is 12.2. The predicted molar refractivity (Wildman–Crippen MR) is 83.7 cm³/mol. The molecule has 0 fully saturated rings. The average molecular weight is 303 g/mol. The number of hydrogen-bond donors (Lipinski definition) is 1. The van der Waals surface area contributed by atoms with Gasteiger partial charge in [0.05, 0.1) is 17.9 Å². The highest BCUT2D eigenvalue weighted by molar-refractivity contribution is 7.17. The molecule has 0 amide bonds. The Balaban J connectivity index is 1.64. The van der Waals surface area contributed by atoms with Crippen molar-refractivity contribution in [3.8, 4) is 0 Å². The molecule has 0 saturated carbocycles. The minimum atomic E-state index is 0.0262. The highest BCUT2D eigenvalue weighted by Gasteiger charge is 2.09. The van der Waals surface area contributed by atoms with Gasteiger partial charge in [0.15, 0.2) is 0 Å². The zero-order valence-corrected chi connectivity index (χ0v) is 12.8. The number of rotatable bonds is 5. The monoisotopic (exact) mass is 303 g/mol. The Kier molecular flexibility index (Phi) is 3.90. The van der Waals surface area contributed by atoms with Crippen LogP contribution in [0.4, 0.5) is 0 Å². The van der Waals surface area contributed by atoms with Crippen molar-refractivity contribution < 1.29 is 4.42 Å². The van der Waals surface area contributed by atoms with Gasteiger partial charge in [-0.3, -0.25) is 9.36 Å². The first kappa shape index (κ1) is 14.0. The van der Waals surface area contributed by atoms with E-state index in [1.807, 2.05) is 37.4 Å². The van der Waals surface area contributed by atoms with E-state index in [-0.39, 0.29) is 11.6 Å². The molecule has 3 heterocycles. The first-order valence-electron chi connectivity index (χ1n) is 6.87. The first-order valence-corrected chi connectivity index (χ1v) is 7.75. The molecule has 1 unspecified atom stereocenters. The summed E-state index contributed by atoms with van der Waals surface area (Å²) < 4.78 is 7.94. The van der Waals surface area contributed by atoms with E-state index in [1.54, 1.807) is 10.9 Å². The summed E-state index contributed by atoms with van der Waals surface area (Å²) in [5, 5.41) is 5.24. The summed E-state index contributed by atoms with van der Waals surface area (Å²) in [4.78, 5) is 16.5. The normalized spacial score (nSPS) is 12.9. The Morgan fingerprint density at radius 1 is 1.43 bits per heavy atom. The predicted octanol–water partition coefficient (Wildman–Crippen LogP) is 2.71. The van der Waals surface area contributed by atoms with Crippen LogP contribution in [0.5, 0.6) is 0 Å². The molecule has 3 rings (SSSR count). The number of nitrogens with one attached hydrogen (secondary N) is 1. The summed E-state index contributed by atoms with van der Waals surface area (Å²) in [6.07, 6.45) is 1.61. The van der Waals surface area contributed by atoms with Crippen molar-refractivity contribution in [2.24, 2.45) is 0 Å². The van der Waals surface area contributed by atoms with Crippen LogP contribution in [0, 0.1) is 6.92 Å². The zero-order valence-electron chi connectivity index (χ0n) is 12.0. The standard InChI is InChI=1S/C15H17N3O2S/c1-10-3-4-13(20-10)11(2)16-6-7-18-9-17-12-5-8-21-14(12)15(18)19/h3-5,8-9,11,16H,6-7H2,1-2H3. The lowest BCUT2D eigenvalue weighted by Crippen LogP contribution is -2.28. The lowest BCUT2D eigenvalue weighted by atomic mass is 10.2. The summed E-state index contributed by atoms with van der Waals surface area (Å²) in [7, 11) is 0. The molecule has 1 atom stereocenters. The molecule has 6 heteroatoms. The fourth-order valence-corrected chi connectivity index (χ4v) is 3.02. The van der Waals surface area contributed by atoms with Crippen molar-refractivity contribution in [3.05, 3.63) is 51.8 Å². The van der Waals surface area contributed by atoms with Crippen molar-refractivity contribution in [1.29, 1.82) is 0 Å². The van der Waals surface area contributed by atoms with Crippen LogP contribution in [0.25, 0.3) is 10.2 Å². The van der Waals surface area contributed by atoms with E-state index in [4.69, 9.17) is 4.42 Å². The minimum absolute atomic E-state index is 0.0262. The van der Waals surface area contributed by atoms with Gasteiger partial charge in [0, 0.05) is 13.1 Å². The smallest absolute Gasteiger partial charge is 0.271 e. The molecule has 0 radical (unpaired) electrons. The van der Waals surface area contributed by atoms with Gasteiger partial charge >= 0.3 is 0 Å². The van der Waals surface area contributed by atoms with Crippen molar-refractivity contribution >= 4 is 21.6 Å². The highest BCUT2D eigenvalue weighted by atomic mass is 32.1. The van der Waals surface area contributed by atoms with Gasteiger partial charge in [0.2, 0.25) is 0 Å². The molecule has 110 valence electrons. The van der Waals surface area contributed by atoms with Crippen LogP contribution in [0.15, 0.2) is 39.1 Å². The highest BCUT2D eigenvalue weighted by Crippen LogP contribution is 2.15. The van der Waals surface area contributed by atoms with Gasteiger partial charge in [0.1, 0.15) is 16.2 Å². The molecular weight excluding hydrogens is 286 g/mol. The third kappa shape index (κ3) is 2.91. The molecule has 1 N–H and O–H groups in total. The van der Waals surface area contributed by atoms with E-state index in [0.717, 1.165) is 17.0 Å². The Morgan fingerprint density at radius 2 is 2.29 bits per heavy atom. The quantitative estimate of drug-likeness (QED) is 0.787. The van der Waals surface area contributed by atoms with Crippen LogP contribution in [-0.4, -0.2) is 16.1 Å². The molecule has 0 spiro atoms. The summed E-state index contributed by atoms with van der Waals surface area (Å²) in [6.45, 7) is 5.24. The molecule has 21 heavy (non-hydrogen) atoms. The molecule has 0 aliphatic heterocycles. The van der Waals surface area contributed by atoms with Gasteiger partial charge < -0.3 is 9.73 Å². The largest absolute Gasteiger partial charge is 0.465 e. The molecule has 3 aromatic rings. The molecule has 5 nitrogen and oxygen atoms in total. The maximum atomic E-state index is 12.2.